The van der Waals surface area contributed by atoms with E-state index in [1.165, 1.54) is 24.3 Å². The first-order valence-corrected chi connectivity index (χ1v) is 10.4. The predicted octanol–water partition coefficient (Wildman–Crippen LogP) is -0.693. The number of carboxylic acid groups (broad SMARTS) is 2. The van der Waals surface area contributed by atoms with E-state index >= 15 is 0 Å². The Hall–Kier alpha value is -2.03. The fraction of sp³-hybridized carbons (Fsp3) is 0.500. The van der Waals surface area contributed by atoms with Crippen molar-refractivity contribution < 1.29 is 29.4 Å². The summed E-state index contributed by atoms with van der Waals surface area (Å²) in [6.07, 6.45) is 0. The minimum atomic E-state index is -1.42. The number of oxime groups is 1. The van der Waals surface area contributed by atoms with E-state index in [-0.39, 0.29) is 22.5 Å². The topological polar surface area (TPSA) is 176 Å². The monoisotopic (exact) mass is 449 g/mol. The SMILES string of the molecule is CO/N=C(\C(=O)N[C@H](C(=O)O)[C@@H]1N[C@H](C(=O)O)[C@H](CS)CS1)c1csc(N)n1. The van der Waals surface area contributed by atoms with Crippen molar-refractivity contribution in [2.24, 2.45) is 11.1 Å². The van der Waals surface area contributed by atoms with Crippen molar-refractivity contribution in [3.63, 3.8) is 0 Å². The molecule has 0 aliphatic carbocycles. The molecule has 1 aromatic rings. The number of aliphatic carboxylic acids is 2. The van der Waals surface area contributed by atoms with Gasteiger partial charge in [-0.3, -0.25) is 14.9 Å². The molecule has 4 atom stereocenters. The molecule has 2 rings (SSSR count). The quantitative estimate of drug-likeness (QED) is 0.169. The molecular weight excluding hydrogens is 430 g/mol. The molecule has 6 N–H and O–H groups in total. The highest BCUT2D eigenvalue weighted by atomic mass is 32.2. The molecule has 154 valence electrons. The van der Waals surface area contributed by atoms with E-state index in [4.69, 9.17) is 5.73 Å². The van der Waals surface area contributed by atoms with Crippen LogP contribution in [0.5, 0.6) is 0 Å². The van der Waals surface area contributed by atoms with Gasteiger partial charge in [0.1, 0.15) is 18.8 Å². The third-order valence-corrected chi connectivity index (χ3v) is 6.35. The van der Waals surface area contributed by atoms with E-state index in [0.717, 1.165) is 11.3 Å². The number of thiazole rings is 1. The highest BCUT2D eigenvalue weighted by Crippen LogP contribution is 2.27. The van der Waals surface area contributed by atoms with E-state index in [2.05, 4.69) is 38.2 Å². The molecule has 0 radical (unpaired) electrons. The molecule has 1 saturated heterocycles. The number of thiol groups is 1. The standard InChI is InChI=1S/C14H19N5O6S3/c1-25-19-8(6-4-28-14(15)16-6)10(20)17-9(13(23)24)11-18-7(12(21)22)5(2-26)3-27-11/h4-5,7,9,11,18,26H,2-3H2,1H3,(H2,15,16)(H,17,20)(H,21,22)(H,23,24)/b19-8-/t5-,7+,9+,11-/m1/s1. The van der Waals surface area contributed by atoms with Crippen LogP contribution >= 0.6 is 35.7 Å². The van der Waals surface area contributed by atoms with E-state index in [0.29, 0.717) is 11.5 Å². The Bertz CT molecular complexity index is 772. The number of thioether (sulfide) groups is 1. The highest BCUT2D eigenvalue weighted by molar-refractivity contribution is 8.00. The average molecular weight is 450 g/mol. The molecule has 1 aromatic heterocycles. The number of nitrogens with two attached hydrogens (primary N) is 1. The summed E-state index contributed by atoms with van der Waals surface area (Å²) in [7, 11) is 1.23. The molecule has 28 heavy (non-hydrogen) atoms. The molecule has 0 saturated carbocycles. The number of carbonyl (C=O) groups is 3. The fourth-order valence-electron chi connectivity index (χ4n) is 2.48. The molecule has 11 nitrogen and oxygen atoms in total. The van der Waals surface area contributed by atoms with Gasteiger partial charge in [0.15, 0.2) is 16.9 Å². The Labute approximate surface area is 173 Å². The van der Waals surface area contributed by atoms with E-state index in [1.54, 1.807) is 0 Å². The van der Waals surface area contributed by atoms with Crippen LogP contribution in [0.25, 0.3) is 0 Å². The van der Waals surface area contributed by atoms with Gasteiger partial charge >= 0.3 is 11.9 Å². The number of anilines is 1. The molecule has 14 heteroatoms. The second-order valence-corrected chi connectivity index (χ2v) is 8.09. The molecule has 0 unspecified atom stereocenters. The molecule has 0 spiro atoms. The van der Waals surface area contributed by atoms with Crippen molar-refractivity contribution in [1.29, 1.82) is 0 Å². The van der Waals surface area contributed by atoms with Gasteiger partial charge in [-0.05, 0) is 5.75 Å². The summed E-state index contributed by atoms with van der Waals surface area (Å²) in [6.45, 7) is 0. The lowest BCUT2D eigenvalue weighted by Crippen LogP contribution is -2.61. The summed E-state index contributed by atoms with van der Waals surface area (Å²) in [5.74, 6) is -2.87. The Morgan fingerprint density at radius 2 is 2.25 bits per heavy atom. The molecule has 1 amide bonds. The van der Waals surface area contributed by atoms with Crippen LogP contribution in [0.4, 0.5) is 5.13 Å². The minimum Gasteiger partial charge on any atom is -0.480 e. The summed E-state index contributed by atoms with van der Waals surface area (Å²) in [5, 5.41) is 28.5. The summed E-state index contributed by atoms with van der Waals surface area (Å²) in [5.41, 5.74) is 5.45. The number of aromatic nitrogens is 1. The summed E-state index contributed by atoms with van der Waals surface area (Å²) < 4.78 is 0. The van der Waals surface area contributed by atoms with Crippen molar-refractivity contribution in [2.75, 3.05) is 24.3 Å². The summed E-state index contributed by atoms with van der Waals surface area (Å²) in [6, 6.07) is -2.40. The summed E-state index contributed by atoms with van der Waals surface area (Å²) in [4.78, 5) is 44.4. The van der Waals surface area contributed by atoms with Gasteiger partial charge in [0, 0.05) is 17.1 Å². The van der Waals surface area contributed by atoms with Crippen LogP contribution in [0.2, 0.25) is 0 Å². The molecule has 1 aliphatic rings. The van der Waals surface area contributed by atoms with Crippen molar-refractivity contribution in [2.45, 2.75) is 17.5 Å². The largest absolute Gasteiger partial charge is 0.480 e. The minimum absolute atomic E-state index is 0.133. The molecule has 2 heterocycles. The van der Waals surface area contributed by atoms with Gasteiger partial charge in [0.05, 0.1) is 5.37 Å². The van der Waals surface area contributed by atoms with E-state index in [9.17, 15) is 24.6 Å². The molecule has 0 aromatic carbocycles. The summed E-state index contributed by atoms with van der Waals surface area (Å²) >= 11 is 6.42. The zero-order valence-electron chi connectivity index (χ0n) is 14.6. The van der Waals surface area contributed by atoms with Crippen LogP contribution in [-0.2, 0) is 19.2 Å². The van der Waals surface area contributed by atoms with E-state index < -0.39 is 35.3 Å². The average Bonchev–Trinajstić information content (AvgIpc) is 3.09. The maximum absolute atomic E-state index is 12.6. The normalized spacial score (nSPS) is 23.6. The zero-order chi connectivity index (χ0) is 20.8. The van der Waals surface area contributed by atoms with Crippen LogP contribution in [0.15, 0.2) is 10.5 Å². The van der Waals surface area contributed by atoms with E-state index in [1.807, 2.05) is 0 Å². The van der Waals surface area contributed by atoms with Gasteiger partial charge in [-0.25, -0.2) is 9.78 Å². The lowest BCUT2D eigenvalue weighted by atomic mass is 10.0. The van der Waals surface area contributed by atoms with Gasteiger partial charge in [-0.2, -0.15) is 12.6 Å². The maximum atomic E-state index is 12.6. The van der Waals surface area contributed by atoms with Crippen molar-refractivity contribution in [3.05, 3.63) is 11.1 Å². The number of carbonyl (C=O) groups excluding carboxylic acids is 1. The van der Waals surface area contributed by atoms with Crippen LogP contribution in [0, 0.1) is 5.92 Å². The molecular formula is C14H19N5O6S3. The highest BCUT2D eigenvalue weighted by Gasteiger charge is 2.41. The molecule has 0 bridgehead atoms. The van der Waals surface area contributed by atoms with Gasteiger partial charge in [-0.1, -0.05) is 5.16 Å². The number of nitrogen functional groups attached to an aromatic ring is 1. The zero-order valence-corrected chi connectivity index (χ0v) is 17.1. The predicted molar refractivity (Wildman–Crippen MR) is 108 cm³/mol. The first-order valence-electron chi connectivity index (χ1n) is 7.86. The molecule has 1 aliphatic heterocycles. The van der Waals surface area contributed by atoms with Crippen molar-refractivity contribution in [3.8, 4) is 0 Å². The Morgan fingerprint density at radius 3 is 2.75 bits per heavy atom. The van der Waals surface area contributed by atoms with Crippen molar-refractivity contribution in [1.82, 2.24) is 15.6 Å². The van der Waals surface area contributed by atoms with Crippen LogP contribution in [0.3, 0.4) is 0 Å². The number of hydrogen-bond donors (Lipinski definition) is 6. The van der Waals surface area contributed by atoms with Gasteiger partial charge < -0.3 is 26.1 Å². The number of nitrogens with zero attached hydrogens (tertiary/aromatic N) is 2. The second-order valence-electron chi connectivity index (χ2n) is 5.66. The first-order chi connectivity index (χ1) is 13.3. The van der Waals surface area contributed by atoms with Gasteiger partial charge in [-0.15, -0.1) is 23.1 Å². The maximum Gasteiger partial charge on any atom is 0.328 e. The van der Waals surface area contributed by atoms with Gasteiger partial charge in [0.25, 0.3) is 5.91 Å². The van der Waals surface area contributed by atoms with Crippen LogP contribution in [-0.4, -0.2) is 74.8 Å². The van der Waals surface area contributed by atoms with Crippen LogP contribution in [0.1, 0.15) is 5.69 Å². The number of amides is 1. The Morgan fingerprint density at radius 1 is 1.54 bits per heavy atom. The smallest absolute Gasteiger partial charge is 0.328 e. The lowest BCUT2D eigenvalue weighted by Gasteiger charge is -2.36. The van der Waals surface area contributed by atoms with Gasteiger partial charge in [0.2, 0.25) is 0 Å². The van der Waals surface area contributed by atoms with Crippen LogP contribution < -0.4 is 16.4 Å². The third kappa shape index (κ3) is 5.27. The lowest BCUT2D eigenvalue weighted by molar-refractivity contribution is -0.143. The Balaban J connectivity index is 2.19. The fourth-order valence-corrected chi connectivity index (χ4v) is 4.92. The Kier molecular flexibility index (Phi) is 7.91. The number of hydrogen-bond acceptors (Lipinski definition) is 11. The third-order valence-electron chi connectivity index (χ3n) is 3.82. The molecule has 1 fully saturated rings. The first kappa shape index (κ1) is 22.3. The number of carboxylic acids is 2. The van der Waals surface area contributed by atoms with Crippen molar-refractivity contribution >= 4 is 64.4 Å². The second kappa shape index (κ2) is 9.95. The number of nitrogens with one attached hydrogen (secondary N) is 2. The number of rotatable bonds is 8.